The average molecular weight is 257 g/mol. The highest BCUT2D eigenvalue weighted by atomic mass is 16.6. The molecule has 0 aliphatic heterocycles. The molecule has 1 aromatic rings. The second-order valence-corrected chi connectivity index (χ2v) is 3.35. The fourth-order valence-electron chi connectivity index (χ4n) is 1.11. The van der Waals surface area contributed by atoms with Gasteiger partial charge in [-0.1, -0.05) is 0 Å². The number of nitrogen functional groups attached to an aromatic ring is 1. The van der Waals surface area contributed by atoms with Crippen molar-refractivity contribution < 1.29 is 19.0 Å². The molecule has 0 unspecified atom stereocenters. The summed E-state index contributed by atoms with van der Waals surface area (Å²) in [5.41, 5.74) is 5.24. The number of aromatic nitrogens is 2. The highest BCUT2D eigenvalue weighted by Gasteiger charge is 2.15. The summed E-state index contributed by atoms with van der Waals surface area (Å²) in [5, 5.41) is 11.7. The minimum Gasteiger partial charge on any atom is -0.383 e. The molecule has 0 radical (unpaired) electrons. The smallest absolute Gasteiger partial charge is 0.277 e. The second-order valence-electron chi connectivity index (χ2n) is 3.35. The predicted molar refractivity (Wildman–Crippen MR) is 60.5 cm³/mol. The van der Waals surface area contributed by atoms with E-state index in [-0.39, 0.29) is 30.4 Å². The Balaban J connectivity index is 2.20. The van der Waals surface area contributed by atoms with Gasteiger partial charge in [0.05, 0.1) is 6.61 Å². The number of methoxy groups -OCH3 is 1. The minimum atomic E-state index is -0.529. The van der Waals surface area contributed by atoms with Crippen molar-refractivity contribution in [2.75, 3.05) is 32.5 Å². The monoisotopic (exact) mass is 257 g/mol. The van der Waals surface area contributed by atoms with Gasteiger partial charge in [-0.15, -0.1) is 0 Å². The van der Waals surface area contributed by atoms with Crippen LogP contribution in [-0.4, -0.2) is 48.9 Å². The Hall–Kier alpha value is -2.16. The van der Waals surface area contributed by atoms with E-state index in [0.717, 1.165) is 0 Å². The Bertz CT molecular complexity index is 405. The Labute approximate surface area is 103 Å². The van der Waals surface area contributed by atoms with E-state index in [9.17, 15) is 9.59 Å². The zero-order valence-corrected chi connectivity index (χ0v) is 9.93. The summed E-state index contributed by atoms with van der Waals surface area (Å²) in [5.74, 6) is -0.797. The molecule has 0 aromatic carbocycles. The molecule has 0 spiro atoms. The predicted octanol–water partition coefficient (Wildman–Crippen LogP) is -1.47. The highest BCUT2D eigenvalue weighted by molar-refractivity contribution is 5.96. The van der Waals surface area contributed by atoms with Crippen LogP contribution in [0.5, 0.6) is 0 Å². The lowest BCUT2D eigenvalue weighted by molar-refractivity contribution is -0.121. The second kappa shape index (κ2) is 7.22. The third-order valence-electron chi connectivity index (χ3n) is 1.99. The molecule has 4 N–H and O–H groups in total. The molecule has 0 atom stereocenters. The molecule has 1 heterocycles. The summed E-state index contributed by atoms with van der Waals surface area (Å²) in [6.07, 6.45) is 0.153. The number of carbonyl (C=O) groups is 2. The summed E-state index contributed by atoms with van der Waals surface area (Å²) >= 11 is 0. The Morgan fingerprint density at radius 2 is 2.11 bits per heavy atom. The van der Waals surface area contributed by atoms with Crippen LogP contribution < -0.4 is 16.4 Å². The Morgan fingerprint density at radius 3 is 2.72 bits per heavy atom. The molecular formula is C9H15N5O4. The first-order valence-corrected chi connectivity index (χ1v) is 5.27. The topological polar surface area (TPSA) is 132 Å². The van der Waals surface area contributed by atoms with Gasteiger partial charge in [0.1, 0.15) is 0 Å². The van der Waals surface area contributed by atoms with Gasteiger partial charge in [0, 0.05) is 26.6 Å². The normalized spacial score (nSPS) is 10.1. The van der Waals surface area contributed by atoms with Gasteiger partial charge < -0.3 is 21.1 Å². The molecule has 18 heavy (non-hydrogen) atoms. The van der Waals surface area contributed by atoms with Crippen molar-refractivity contribution in [3.8, 4) is 0 Å². The fourth-order valence-corrected chi connectivity index (χ4v) is 1.11. The molecule has 0 saturated heterocycles. The molecule has 0 bridgehead atoms. The van der Waals surface area contributed by atoms with E-state index in [2.05, 4.69) is 25.6 Å². The quantitative estimate of drug-likeness (QED) is 0.508. The standard InChI is InChI=1S/C9H15N5O4/c1-17-5-4-11-6(15)2-3-12-9(16)7-8(10)14-18-13-7/h2-5H2,1H3,(H2,10,14)(H,11,15)(H,12,16). The van der Waals surface area contributed by atoms with Crippen molar-refractivity contribution in [3.05, 3.63) is 5.69 Å². The van der Waals surface area contributed by atoms with Gasteiger partial charge in [-0.25, -0.2) is 4.63 Å². The number of rotatable bonds is 7. The van der Waals surface area contributed by atoms with E-state index in [0.29, 0.717) is 13.2 Å². The molecule has 2 amide bonds. The van der Waals surface area contributed by atoms with E-state index < -0.39 is 5.91 Å². The fraction of sp³-hybridized carbons (Fsp3) is 0.556. The van der Waals surface area contributed by atoms with Crippen LogP contribution in [-0.2, 0) is 9.53 Å². The number of nitrogens with two attached hydrogens (primary N) is 1. The van der Waals surface area contributed by atoms with Crippen LogP contribution in [0.1, 0.15) is 16.9 Å². The van der Waals surface area contributed by atoms with E-state index in [1.807, 2.05) is 0 Å². The van der Waals surface area contributed by atoms with Crippen LogP contribution >= 0.6 is 0 Å². The molecule has 1 rings (SSSR count). The minimum absolute atomic E-state index is 0.0861. The van der Waals surface area contributed by atoms with Gasteiger partial charge in [-0.2, -0.15) is 0 Å². The van der Waals surface area contributed by atoms with Crippen molar-refractivity contribution in [3.63, 3.8) is 0 Å². The molecule has 0 saturated carbocycles. The van der Waals surface area contributed by atoms with E-state index in [1.165, 1.54) is 0 Å². The lowest BCUT2D eigenvalue weighted by atomic mass is 10.3. The first-order chi connectivity index (χ1) is 8.65. The van der Waals surface area contributed by atoms with Gasteiger partial charge in [-0.3, -0.25) is 9.59 Å². The SMILES string of the molecule is COCCNC(=O)CCNC(=O)c1nonc1N. The van der Waals surface area contributed by atoms with Gasteiger partial charge >= 0.3 is 0 Å². The van der Waals surface area contributed by atoms with Gasteiger partial charge in [-0.05, 0) is 10.3 Å². The Morgan fingerprint density at radius 1 is 1.33 bits per heavy atom. The van der Waals surface area contributed by atoms with Crippen LogP contribution in [0.15, 0.2) is 4.63 Å². The number of hydrogen-bond acceptors (Lipinski definition) is 7. The van der Waals surface area contributed by atoms with Crippen molar-refractivity contribution in [2.45, 2.75) is 6.42 Å². The first kappa shape index (κ1) is 13.9. The van der Waals surface area contributed by atoms with Crippen LogP contribution in [0.25, 0.3) is 0 Å². The van der Waals surface area contributed by atoms with Crippen molar-refractivity contribution in [1.82, 2.24) is 20.9 Å². The third-order valence-corrected chi connectivity index (χ3v) is 1.99. The number of anilines is 1. The maximum atomic E-state index is 11.5. The number of nitrogens with one attached hydrogen (secondary N) is 2. The number of hydrogen-bond donors (Lipinski definition) is 3. The number of carbonyl (C=O) groups excluding carboxylic acids is 2. The summed E-state index contributed by atoms with van der Waals surface area (Å²) in [7, 11) is 1.54. The molecule has 9 nitrogen and oxygen atoms in total. The number of amides is 2. The summed E-state index contributed by atoms with van der Waals surface area (Å²) in [6.45, 7) is 1.05. The van der Waals surface area contributed by atoms with Gasteiger partial charge in [0.25, 0.3) is 5.91 Å². The summed E-state index contributed by atoms with van der Waals surface area (Å²) in [6, 6.07) is 0. The zero-order chi connectivity index (χ0) is 13.4. The molecular weight excluding hydrogens is 242 g/mol. The Kier molecular flexibility index (Phi) is 5.58. The van der Waals surface area contributed by atoms with E-state index in [4.69, 9.17) is 10.5 Å². The maximum Gasteiger partial charge on any atom is 0.277 e. The van der Waals surface area contributed by atoms with Crippen LogP contribution in [0.2, 0.25) is 0 Å². The molecule has 1 aromatic heterocycles. The molecule has 100 valence electrons. The third kappa shape index (κ3) is 4.37. The molecule has 9 heteroatoms. The highest BCUT2D eigenvalue weighted by Crippen LogP contribution is 2.02. The first-order valence-electron chi connectivity index (χ1n) is 5.27. The van der Waals surface area contributed by atoms with Crippen molar-refractivity contribution >= 4 is 17.6 Å². The van der Waals surface area contributed by atoms with Crippen molar-refractivity contribution in [2.24, 2.45) is 0 Å². The van der Waals surface area contributed by atoms with Crippen LogP contribution in [0.4, 0.5) is 5.82 Å². The average Bonchev–Trinajstić information content (AvgIpc) is 2.76. The number of nitrogens with zero attached hydrogens (tertiary/aromatic N) is 2. The maximum absolute atomic E-state index is 11.5. The van der Waals surface area contributed by atoms with E-state index in [1.54, 1.807) is 7.11 Å². The van der Waals surface area contributed by atoms with E-state index >= 15 is 0 Å². The largest absolute Gasteiger partial charge is 0.383 e. The van der Waals surface area contributed by atoms with Gasteiger partial charge in [0.2, 0.25) is 17.4 Å². The molecule has 0 aliphatic rings. The summed E-state index contributed by atoms with van der Waals surface area (Å²) in [4.78, 5) is 22.7. The van der Waals surface area contributed by atoms with Crippen LogP contribution in [0.3, 0.4) is 0 Å². The molecule has 0 aliphatic carbocycles. The molecule has 0 fully saturated rings. The van der Waals surface area contributed by atoms with Crippen LogP contribution in [0, 0.1) is 0 Å². The lowest BCUT2D eigenvalue weighted by Crippen LogP contribution is -2.32. The zero-order valence-electron chi connectivity index (χ0n) is 9.93. The number of ether oxygens (including phenoxy) is 1. The summed E-state index contributed by atoms with van der Waals surface area (Å²) < 4.78 is 9.05. The van der Waals surface area contributed by atoms with Crippen molar-refractivity contribution in [1.29, 1.82) is 0 Å². The lowest BCUT2D eigenvalue weighted by Gasteiger charge is -2.05. The van der Waals surface area contributed by atoms with Gasteiger partial charge in [0.15, 0.2) is 0 Å².